The molecule has 2 unspecified atom stereocenters. The molecule has 1 aromatic carbocycles. The molecule has 4 nitrogen and oxygen atoms in total. The molecule has 0 aromatic heterocycles. The molecule has 20 heavy (non-hydrogen) atoms. The van der Waals surface area contributed by atoms with Crippen LogP contribution in [0.25, 0.3) is 0 Å². The smallest absolute Gasteiger partial charge is 0.246 e. The molecule has 0 saturated carbocycles. The van der Waals surface area contributed by atoms with Gasteiger partial charge in [0.1, 0.15) is 10.7 Å². The molecule has 2 aliphatic heterocycles. The largest absolute Gasteiger partial charge is 0.315 e. The molecule has 0 aliphatic carbocycles. The van der Waals surface area contributed by atoms with Gasteiger partial charge in [0.25, 0.3) is 0 Å². The third kappa shape index (κ3) is 2.25. The predicted octanol–water partition coefficient (Wildman–Crippen LogP) is 1.51. The van der Waals surface area contributed by atoms with E-state index < -0.39 is 15.8 Å². The summed E-state index contributed by atoms with van der Waals surface area (Å²) in [6.45, 7) is 3.78. The van der Waals surface area contributed by atoms with E-state index in [0.717, 1.165) is 24.9 Å². The number of hydrogen-bond acceptors (Lipinski definition) is 3. The Bertz CT molecular complexity index is 618. The highest BCUT2D eigenvalue weighted by Gasteiger charge is 2.42. The number of halogens is 1. The molecule has 2 saturated heterocycles. The van der Waals surface area contributed by atoms with Crippen molar-refractivity contribution >= 4 is 10.0 Å². The van der Waals surface area contributed by atoms with Gasteiger partial charge in [-0.15, -0.1) is 0 Å². The number of aryl methyl sites for hydroxylation is 1. The average molecular weight is 298 g/mol. The minimum atomic E-state index is -3.75. The Morgan fingerprint density at radius 3 is 2.95 bits per heavy atom. The second kappa shape index (κ2) is 5.09. The maximum Gasteiger partial charge on any atom is 0.246 e. The van der Waals surface area contributed by atoms with Gasteiger partial charge in [-0.1, -0.05) is 6.07 Å². The van der Waals surface area contributed by atoms with E-state index in [1.807, 2.05) is 0 Å². The fourth-order valence-corrected chi connectivity index (χ4v) is 5.13. The normalized spacial score (nSPS) is 27.5. The fourth-order valence-electron chi connectivity index (χ4n) is 3.26. The quantitative estimate of drug-likeness (QED) is 0.900. The number of nitrogens with one attached hydrogen (secondary N) is 1. The standard InChI is InChI=1S/C14H19FN2O2S/c1-10-4-5-12(15)14(7-10)20(18,19)17-6-2-3-11-8-16-9-13(11)17/h4-5,7,11,13,16H,2-3,6,8-9H2,1H3. The van der Waals surface area contributed by atoms with E-state index in [0.29, 0.717) is 19.0 Å². The number of sulfonamides is 1. The monoisotopic (exact) mass is 298 g/mol. The van der Waals surface area contributed by atoms with Crippen LogP contribution in [-0.4, -0.2) is 38.4 Å². The Kier molecular flexibility index (Phi) is 3.56. The van der Waals surface area contributed by atoms with Crippen LogP contribution < -0.4 is 5.32 Å². The van der Waals surface area contributed by atoms with Crippen LogP contribution in [0.15, 0.2) is 23.1 Å². The van der Waals surface area contributed by atoms with Gasteiger partial charge >= 0.3 is 0 Å². The lowest BCUT2D eigenvalue weighted by atomic mass is 9.94. The summed E-state index contributed by atoms with van der Waals surface area (Å²) >= 11 is 0. The first-order valence-corrected chi connectivity index (χ1v) is 8.43. The van der Waals surface area contributed by atoms with Gasteiger partial charge in [0, 0.05) is 19.1 Å². The molecule has 2 aliphatic rings. The van der Waals surface area contributed by atoms with E-state index in [1.165, 1.54) is 16.4 Å². The zero-order valence-electron chi connectivity index (χ0n) is 11.5. The lowest BCUT2D eigenvalue weighted by Crippen LogP contribution is -2.48. The molecule has 1 N–H and O–H groups in total. The van der Waals surface area contributed by atoms with Crippen molar-refractivity contribution in [1.29, 1.82) is 0 Å². The molecule has 6 heteroatoms. The van der Waals surface area contributed by atoms with Crippen molar-refractivity contribution in [3.63, 3.8) is 0 Å². The van der Waals surface area contributed by atoms with Crippen LogP contribution in [0.4, 0.5) is 4.39 Å². The van der Waals surface area contributed by atoms with E-state index in [4.69, 9.17) is 0 Å². The Morgan fingerprint density at radius 1 is 1.35 bits per heavy atom. The topological polar surface area (TPSA) is 49.4 Å². The van der Waals surface area contributed by atoms with E-state index in [9.17, 15) is 12.8 Å². The van der Waals surface area contributed by atoms with Gasteiger partial charge in [0.15, 0.2) is 0 Å². The van der Waals surface area contributed by atoms with Crippen LogP contribution in [0.2, 0.25) is 0 Å². The van der Waals surface area contributed by atoms with Gasteiger partial charge < -0.3 is 5.32 Å². The van der Waals surface area contributed by atoms with Crippen LogP contribution in [0.3, 0.4) is 0 Å². The molecule has 2 heterocycles. The van der Waals surface area contributed by atoms with Gasteiger partial charge in [-0.05, 0) is 49.9 Å². The van der Waals surface area contributed by atoms with E-state index >= 15 is 0 Å². The lowest BCUT2D eigenvalue weighted by Gasteiger charge is -2.36. The van der Waals surface area contributed by atoms with Crippen molar-refractivity contribution in [2.75, 3.05) is 19.6 Å². The summed E-state index contributed by atoms with van der Waals surface area (Å²) in [7, 11) is -3.75. The molecule has 3 rings (SSSR count). The molecule has 0 amide bonds. The van der Waals surface area contributed by atoms with E-state index in [-0.39, 0.29) is 10.9 Å². The Labute approximate surface area is 119 Å². The lowest BCUT2D eigenvalue weighted by molar-refractivity contribution is 0.217. The van der Waals surface area contributed by atoms with E-state index in [1.54, 1.807) is 13.0 Å². The Hall–Kier alpha value is -0.980. The maximum absolute atomic E-state index is 13.9. The third-order valence-electron chi connectivity index (χ3n) is 4.30. The second-order valence-electron chi connectivity index (χ2n) is 5.68. The minimum Gasteiger partial charge on any atom is -0.315 e. The van der Waals surface area contributed by atoms with Crippen LogP contribution in [-0.2, 0) is 10.0 Å². The van der Waals surface area contributed by atoms with Crippen molar-refractivity contribution in [1.82, 2.24) is 9.62 Å². The third-order valence-corrected chi connectivity index (χ3v) is 6.24. The minimum absolute atomic E-state index is 0.0336. The molecule has 2 fully saturated rings. The Morgan fingerprint density at radius 2 is 2.15 bits per heavy atom. The summed E-state index contributed by atoms with van der Waals surface area (Å²) in [5.74, 6) is -0.310. The maximum atomic E-state index is 13.9. The summed E-state index contributed by atoms with van der Waals surface area (Å²) in [6.07, 6.45) is 1.88. The predicted molar refractivity (Wildman–Crippen MR) is 74.4 cm³/mol. The SMILES string of the molecule is Cc1ccc(F)c(S(=O)(=O)N2CCCC3CNCC32)c1. The number of nitrogens with zero attached hydrogens (tertiary/aromatic N) is 1. The number of benzene rings is 1. The van der Waals surface area contributed by atoms with Crippen molar-refractivity contribution in [2.45, 2.75) is 30.7 Å². The van der Waals surface area contributed by atoms with Gasteiger partial charge in [0.2, 0.25) is 10.0 Å². The second-order valence-corrected chi connectivity index (χ2v) is 7.54. The van der Waals surface area contributed by atoms with Crippen LogP contribution in [0, 0.1) is 18.7 Å². The Balaban J connectivity index is 2.00. The van der Waals surface area contributed by atoms with Crippen molar-refractivity contribution in [3.05, 3.63) is 29.6 Å². The van der Waals surface area contributed by atoms with Crippen LogP contribution in [0.5, 0.6) is 0 Å². The average Bonchev–Trinajstić information content (AvgIpc) is 2.89. The van der Waals surface area contributed by atoms with Crippen molar-refractivity contribution < 1.29 is 12.8 Å². The number of piperidine rings is 1. The highest BCUT2D eigenvalue weighted by atomic mass is 32.2. The molecular formula is C14H19FN2O2S. The number of hydrogen-bond donors (Lipinski definition) is 1. The number of rotatable bonds is 2. The molecule has 110 valence electrons. The van der Waals surface area contributed by atoms with Gasteiger partial charge in [-0.3, -0.25) is 0 Å². The van der Waals surface area contributed by atoms with Crippen LogP contribution in [0.1, 0.15) is 18.4 Å². The first-order valence-electron chi connectivity index (χ1n) is 6.99. The first-order chi connectivity index (χ1) is 9.50. The fraction of sp³-hybridized carbons (Fsp3) is 0.571. The van der Waals surface area contributed by atoms with Crippen molar-refractivity contribution in [3.8, 4) is 0 Å². The summed E-state index contributed by atoms with van der Waals surface area (Å²) in [6, 6.07) is 4.21. The zero-order valence-corrected chi connectivity index (χ0v) is 12.3. The molecule has 0 spiro atoms. The summed E-state index contributed by atoms with van der Waals surface area (Å²) in [4.78, 5) is -0.190. The van der Waals surface area contributed by atoms with Crippen LogP contribution >= 0.6 is 0 Å². The molecule has 1 aromatic rings. The zero-order chi connectivity index (χ0) is 14.3. The molecule has 0 radical (unpaired) electrons. The highest BCUT2D eigenvalue weighted by molar-refractivity contribution is 7.89. The van der Waals surface area contributed by atoms with Crippen molar-refractivity contribution in [2.24, 2.45) is 5.92 Å². The first kappa shape index (κ1) is 14.0. The molecular weight excluding hydrogens is 279 g/mol. The van der Waals surface area contributed by atoms with Gasteiger partial charge in [0.05, 0.1) is 0 Å². The molecule has 0 bridgehead atoms. The highest BCUT2D eigenvalue weighted by Crippen LogP contribution is 2.32. The summed E-state index contributed by atoms with van der Waals surface area (Å²) in [5.41, 5.74) is 0.753. The molecule has 2 atom stereocenters. The summed E-state index contributed by atoms with van der Waals surface area (Å²) < 4.78 is 41.0. The van der Waals surface area contributed by atoms with Gasteiger partial charge in [-0.25, -0.2) is 12.8 Å². The summed E-state index contributed by atoms with van der Waals surface area (Å²) in [5, 5.41) is 3.24. The van der Waals surface area contributed by atoms with Gasteiger partial charge in [-0.2, -0.15) is 4.31 Å². The number of fused-ring (bicyclic) bond motifs is 1. The van der Waals surface area contributed by atoms with E-state index in [2.05, 4.69) is 5.32 Å².